The van der Waals surface area contributed by atoms with Crippen LogP contribution in [0.2, 0.25) is 0 Å². The van der Waals surface area contributed by atoms with E-state index in [0.717, 1.165) is 45.2 Å². The second kappa shape index (κ2) is 8.69. The molecule has 0 spiro atoms. The van der Waals surface area contributed by atoms with E-state index < -0.39 is 11.7 Å². The first-order valence-corrected chi connectivity index (χ1v) is 11.8. The molecule has 0 fully saturated rings. The molecule has 0 aliphatic heterocycles. The summed E-state index contributed by atoms with van der Waals surface area (Å²) in [5, 5.41) is 4.59. The van der Waals surface area contributed by atoms with Crippen molar-refractivity contribution >= 4 is 21.5 Å². The lowest BCUT2D eigenvalue weighted by Crippen LogP contribution is -2.03. The Morgan fingerprint density at radius 3 is 1.11 bits per heavy atom. The SMILES string of the molecule is FC(F)(F)c1ccc(-c2ccc3cc(-c4ccc(-c5ccc6ccccc6c5)cc4)ccc3c2)cc1. The summed E-state index contributed by atoms with van der Waals surface area (Å²) in [5.41, 5.74) is 5.63. The molecule has 3 heteroatoms. The van der Waals surface area contributed by atoms with Gasteiger partial charge in [0.1, 0.15) is 0 Å². The topological polar surface area (TPSA) is 0 Å². The van der Waals surface area contributed by atoms with E-state index in [2.05, 4.69) is 84.9 Å². The van der Waals surface area contributed by atoms with Gasteiger partial charge >= 0.3 is 6.18 Å². The van der Waals surface area contributed by atoms with E-state index in [1.807, 2.05) is 18.2 Å². The van der Waals surface area contributed by atoms with Crippen molar-refractivity contribution in [2.75, 3.05) is 0 Å². The average molecular weight is 475 g/mol. The van der Waals surface area contributed by atoms with E-state index in [9.17, 15) is 13.2 Å². The van der Waals surface area contributed by atoms with E-state index >= 15 is 0 Å². The van der Waals surface area contributed by atoms with Crippen molar-refractivity contribution in [2.45, 2.75) is 6.18 Å². The number of benzene rings is 6. The molecule has 0 bridgehead atoms. The van der Waals surface area contributed by atoms with Crippen molar-refractivity contribution in [1.82, 2.24) is 0 Å². The fourth-order valence-electron chi connectivity index (χ4n) is 4.68. The van der Waals surface area contributed by atoms with Crippen LogP contribution in [0.15, 0.2) is 127 Å². The highest BCUT2D eigenvalue weighted by atomic mass is 19.4. The van der Waals surface area contributed by atoms with E-state index in [4.69, 9.17) is 0 Å². The summed E-state index contributed by atoms with van der Waals surface area (Å²) in [7, 11) is 0. The maximum Gasteiger partial charge on any atom is 0.416 e. The van der Waals surface area contributed by atoms with Gasteiger partial charge in [0.05, 0.1) is 5.56 Å². The summed E-state index contributed by atoms with van der Waals surface area (Å²) in [4.78, 5) is 0. The molecule has 0 aromatic heterocycles. The fourth-order valence-corrected chi connectivity index (χ4v) is 4.68. The Morgan fingerprint density at radius 1 is 0.333 bits per heavy atom. The largest absolute Gasteiger partial charge is 0.416 e. The Bertz CT molecular complexity index is 1690. The van der Waals surface area contributed by atoms with Gasteiger partial charge in [0, 0.05) is 0 Å². The number of alkyl halides is 3. The normalized spacial score (nSPS) is 11.8. The first-order valence-electron chi connectivity index (χ1n) is 11.8. The lowest BCUT2D eigenvalue weighted by Gasteiger charge is -2.10. The Kier molecular flexibility index (Phi) is 5.34. The second-order valence-electron chi connectivity index (χ2n) is 8.99. The van der Waals surface area contributed by atoms with Crippen molar-refractivity contribution < 1.29 is 13.2 Å². The van der Waals surface area contributed by atoms with Crippen LogP contribution in [-0.2, 0) is 6.18 Å². The third-order valence-electron chi connectivity index (χ3n) is 6.69. The molecule has 6 rings (SSSR count). The summed E-state index contributed by atoms with van der Waals surface area (Å²) in [6.07, 6.45) is -4.33. The second-order valence-corrected chi connectivity index (χ2v) is 8.99. The van der Waals surface area contributed by atoms with Gasteiger partial charge in [-0.2, -0.15) is 13.2 Å². The van der Waals surface area contributed by atoms with Crippen molar-refractivity contribution in [1.29, 1.82) is 0 Å². The fraction of sp³-hybridized carbons (Fsp3) is 0.0303. The van der Waals surface area contributed by atoms with E-state index in [-0.39, 0.29) is 0 Å². The van der Waals surface area contributed by atoms with Gasteiger partial charge in [0.15, 0.2) is 0 Å². The van der Waals surface area contributed by atoms with Crippen molar-refractivity contribution in [3.8, 4) is 33.4 Å². The predicted molar refractivity (Wildman–Crippen MR) is 143 cm³/mol. The number of hydrogen-bond donors (Lipinski definition) is 0. The van der Waals surface area contributed by atoms with Gasteiger partial charge in [-0.1, -0.05) is 97.1 Å². The third-order valence-corrected chi connectivity index (χ3v) is 6.69. The molecule has 0 unspecified atom stereocenters. The van der Waals surface area contributed by atoms with E-state index in [1.54, 1.807) is 0 Å². The van der Waals surface area contributed by atoms with Gasteiger partial charge in [-0.3, -0.25) is 0 Å². The molecule has 36 heavy (non-hydrogen) atoms. The molecule has 0 N–H and O–H groups in total. The zero-order valence-corrected chi connectivity index (χ0v) is 19.3. The van der Waals surface area contributed by atoms with Crippen molar-refractivity contribution in [2.24, 2.45) is 0 Å². The standard InChI is InChI=1S/C33H21F3/c34-33(35,36)32-17-15-25(16-18-32)29-12-14-30-20-28(11-13-31(30)21-29)24-7-5-23(6-8-24)27-10-9-22-3-1-2-4-26(22)19-27/h1-21H. The maximum atomic E-state index is 12.9. The van der Waals surface area contributed by atoms with Crippen LogP contribution in [0.4, 0.5) is 13.2 Å². The third kappa shape index (κ3) is 4.25. The smallest absolute Gasteiger partial charge is 0.166 e. The Labute approximate surface area is 207 Å². The average Bonchev–Trinajstić information content (AvgIpc) is 2.92. The van der Waals surface area contributed by atoms with Crippen LogP contribution in [0, 0.1) is 0 Å². The zero-order chi connectivity index (χ0) is 24.7. The molecule has 0 heterocycles. The Balaban J connectivity index is 1.27. The summed E-state index contributed by atoms with van der Waals surface area (Å²) >= 11 is 0. The molecule has 0 atom stereocenters. The number of halogens is 3. The van der Waals surface area contributed by atoms with E-state index in [1.165, 1.54) is 34.0 Å². The summed E-state index contributed by atoms with van der Waals surface area (Å²) in [6.45, 7) is 0. The molecular formula is C33H21F3. The molecular weight excluding hydrogens is 453 g/mol. The first kappa shape index (κ1) is 22.1. The van der Waals surface area contributed by atoms with Gasteiger partial charge < -0.3 is 0 Å². The minimum Gasteiger partial charge on any atom is -0.166 e. The van der Waals surface area contributed by atoms with Crippen LogP contribution in [0.3, 0.4) is 0 Å². The summed E-state index contributed by atoms with van der Waals surface area (Å²) in [6, 6.07) is 41.1. The van der Waals surface area contributed by atoms with Crippen LogP contribution in [0.25, 0.3) is 54.9 Å². The Morgan fingerprint density at radius 2 is 0.667 bits per heavy atom. The van der Waals surface area contributed by atoms with Gasteiger partial charge in [0.2, 0.25) is 0 Å². The molecule has 0 aliphatic rings. The molecule has 0 saturated heterocycles. The number of hydrogen-bond acceptors (Lipinski definition) is 0. The molecule has 0 amide bonds. The molecule has 6 aromatic carbocycles. The quantitative estimate of drug-likeness (QED) is 0.239. The summed E-state index contributed by atoms with van der Waals surface area (Å²) < 4.78 is 38.6. The van der Waals surface area contributed by atoms with Crippen LogP contribution in [-0.4, -0.2) is 0 Å². The van der Waals surface area contributed by atoms with Gasteiger partial charge in [-0.15, -0.1) is 0 Å². The number of fused-ring (bicyclic) bond motifs is 2. The monoisotopic (exact) mass is 474 g/mol. The summed E-state index contributed by atoms with van der Waals surface area (Å²) in [5.74, 6) is 0. The lowest BCUT2D eigenvalue weighted by molar-refractivity contribution is -0.137. The van der Waals surface area contributed by atoms with Crippen LogP contribution in [0.1, 0.15) is 5.56 Å². The van der Waals surface area contributed by atoms with Crippen LogP contribution < -0.4 is 0 Å². The van der Waals surface area contributed by atoms with Gasteiger partial charge in [0.25, 0.3) is 0 Å². The molecule has 0 nitrogen and oxygen atoms in total. The van der Waals surface area contributed by atoms with Crippen molar-refractivity contribution in [3.05, 3.63) is 133 Å². The van der Waals surface area contributed by atoms with Crippen LogP contribution in [0.5, 0.6) is 0 Å². The highest BCUT2D eigenvalue weighted by Crippen LogP contribution is 2.33. The zero-order valence-electron chi connectivity index (χ0n) is 19.3. The van der Waals surface area contributed by atoms with Crippen LogP contribution >= 0.6 is 0 Å². The molecule has 0 aliphatic carbocycles. The Hall–Kier alpha value is -4.37. The first-order chi connectivity index (χ1) is 17.4. The molecule has 0 radical (unpaired) electrons. The van der Waals surface area contributed by atoms with E-state index in [0.29, 0.717) is 0 Å². The highest BCUT2D eigenvalue weighted by molar-refractivity contribution is 5.91. The van der Waals surface area contributed by atoms with Gasteiger partial charge in [-0.05, 0) is 85.3 Å². The molecule has 6 aromatic rings. The lowest BCUT2D eigenvalue weighted by atomic mass is 9.96. The minimum atomic E-state index is -4.33. The highest BCUT2D eigenvalue weighted by Gasteiger charge is 2.29. The molecule has 174 valence electrons. The predicted octanol–water partition coefficient (Wildman–Crippen LogP) is 10.0. The van der Waals surface area contributed by atoms with Gasteiger partial charge in [-0.25, -0.2) is 0 Å². The molecule has 0 saturated carbocycles. The minimum absolute atomic E-state index is 0.636. The number of rotatable bonds is 3. The van der Waals surface area contributed by atoms with Crippen molar-refractivity contribution in [3.63, 3.8) is 0 Å². The maximum absolute atomic E-state index is 12.9.